The van der Waals surface area contributed by atoms with E-state index < -0.39 is 0 Å². The molecule has 1 aromatic heterocycles. The van der Waals surface area contributed by atoms with Crippen LogP contribution in [0.15, 0.2) is 22.8 Å². The minimum absolute atomic E-state index is 0.0671. The first-order valence-corrected chi connectivity index (χ1v) is 8.26. The van der Waals surface area contributed by atoms with E-state index in [1.807, 2.05) is 4.90 Å². The number of likely N-dealkylation sites (tertiary alicyclic amines) is 2. The van der Waals surface area contributed by atoms with Crippen molar-refractivity contribution in [3.63, 3.8) is 0 Å². The lowest BCUT2D eigenvalue weighted by Gasteiger charge is -2.37. The first-order valence-electron chi connectivity index (χ1n) is 8.26. The Balaban J connectivity index is 1.53. The van der Waals surface area contributed by atoms with Crippen LogP contribution in [0.1, 0.15) is 43.2 Å². The second kappa shape index (κ2) is 6.55. The molecule has 2 amide bonds. The van der Waals surface area contributed by atoms with Crippen LogP contribution in [0.3, 0.4) is 0 Å². The maximum atomic E-state index is 12.6. The van der Waals surface area contributed by atoms with Gasteiger partial charge in [0.2, 0.25) is 5.91 Å². The van der Waals surface area contributed by atoms with Gasteiger partial charge in [-0.25, -0.2) is 0 Å². The van der Waals surface area contributed by atoms with Crippen molar-refractivity contribution in [1.29, 1.82) is 0 Å². The molecule has 120 valence electrons. The summed E-state index contributed by atoms with van der Waals surface area (Å²) < 4.78 is 5.16. The second-order valence-corrected chi connectivity index (χ2v) is 6.58. The number of amides is 2. The molecule has 3 rings (SSSR count). The molecule has 1 atom stereocenters. The molecule has 5 heteroatoms. The third-order valence-corrected chi connectivity index (χ3v) is 4.83. The van der Waals surface area contributed by atoms with Crippen LogP contribution in [-0.2, 0) is 4.79 Å². The lowest BCUT2D eigenvalue weighted by molar-refractivity contribution is -0.138. The van der Waals surface area contributed by atoms with Crippen molar-refractivity contribution < 1.29 is 14.0 Å². The van der Waals surface area contributed by atoms with Crippen molar-refractivity contribution in [3.05, 3.63) is 24.2 Å². The fraction of sp³-hybridized carbons (Fsp3) is 0.647. The molecule has 0 unspecified atom stereocenters. The minimum atomic E-state index is -0.0671. The Hall–Kier alpha value is -1.78. The van der Waals surface area contributed by atoms with E-state index in [0.29, 0.717) is 24.8 Å². The van der Waals surface area contributed by atoms with E-state index in [1.54, 1.807) is 17.0 Å². The van der Waals surface area contributed by atoms with Gasteiger partial charge < -0.3 is 14.2 Å². The largest absolute Gasteiger partial charge is 0.459 e. The molecule has 3 heterocycles. The summed E-state index contributed by atoms with van der Waals surface area (Å²) >= 11 is 0. The van der Waals surface area contributed by atoms with Gasteiger partial charge in [-0.05, 0) is 43.7 Å². The minimum Gasteiger partial charge on any atom is -0.459 e. The maximum Gasteiger partial charge on any atom is 0.289 e. The van der Waals surface area contributed by atoms with Crippen LogP contribution in [0.4, 0.5) is 0 Å². The molecule has 0 bridgehead atoms. The summed E-state index contributed by atoms with van der Waals surface area (Å²) in [5, 5.41) is 0. The SMILES string of the molecule is C[C@@H]1CCCN(C(=O)C2CCN(C(=O)c3ccco3)CC2)C1. The Kier molecular flexibility index (Phi) is 4.50. The van der Waals surface area contributed by atoms with Crippen molar-refractivity contribution >= 4 is 11.8 Å². The lowest BCUT2D eigenvalue weighted by Crippen LogP contribution is -2.46. The van der Waals surface area contributed by atoms with Crippen LogP contribution in [-0.4, -0.2) is 47.8 Å². The van der Waals surface area contributed by atoms with Gasteiger partial charge in [-0.2, -0.15) is 0 Å². The standard InChI is InChI=1S/C17H24N2O3/c1-13-4-2-8-19(12-13)16(20)14-6-9-18(10-7-14)17(21)15-5-3-11-22-15/h3,5,11,13-14H,2,4,6-10,12H2,1H3/t13-/m1/s1. The summed E-state index contributed by atoms with van der Waals surface area (Å²) in [6, 6.07) is 3.41. The highest BCUT2D eigenvalue weighted by Crippen LogP contribution is 2.24. The van der Waals surface area contributed by atoms with Crippen molar-refractivity contribution in [2.45, 2.75) is 32.6 Å². The van der Waals surface area contributed by atoms with Gasteiger partial charge in [0.1, 0.15) is 0 Å². The number of hydrogen-bond donors (Lipinski definition) is 0. The zero-order chi connectivity index (χ0) is 15.5. The van der Waals surface area contributed by atoms with Crippen LogP contribution in [0.5, 0.6) is 0 Å². The molecule has 2 aliphatic heterocycles. The molecule has 22 heavy (non-hydrogen) atoms. The fourth-order valence-corrected chi connectivity index (χ4v) is 3.53. The zero-order valence-corrected chi connectivity index (χ0v) is 13.2. The van der Waals surface area contributed by atoms with E-state index in [2.05, 4.69) is 6.92 Å². The van der Waals surface area contributed by atoms with E-state index in [4.69, 9.17) is 4.42 Å². The van der Waals surface area contributed by atoms with Gasteiger partial charge in [0, 0.05) is 32.1 Å². The summed E-state index contributed by atoms with van der Waals surface area (Å²) in [6.07, 6.45) is 5.37. The Morgan fingerprint density at radius 3 is 2.55 bits per heavy atom. The molecule has 2 fully saturated rings. The van der Waals surface area contributed by atoms with Crippen LogP contribution in [0.2, 0.25) is 0 Å². The highest BCUT2D eigenvalue weighted by Gasteiger charge is 2.32. The molecular weight excluding hydrogens is 280 g/mol. The molecule has 0 aromatic carbocycles. The Morgan fingerprint density at radius 1 is 1.14 bits per heavy atom. The second-order valence-electron chi connectivity index (χ2n) is 6.58. The zero-order valence-electron chi connectivity index (χ0n) is 13.2. The van der Waals surface area contributed by atoms with Gasteiger partial charge in [-0.3, -0.25) is 9.59 Å². The Labute approximate surface area is 131 Å². The molecule has 0 aliphatic carbocycles. The monoisotopic (exact) mass is 304 g/mol. The van der Waals surface area contributed by atoms with E-state index >= 15 is 0 Å². The molecule has 0 radical (unpaired) electrons. The number of carbonyl (C=O) groups is 2. The first-order chi connectivity index (χ1) is 10.6. The number of rotatable bonds is 2. The summed E-state index contributed by atoms with van der Waals surface area (Å²) in [4.78, 5) is 28.7. The predicted molar refractivity (Wildman–Crippen MR) is 82.3 cm³/mol. The third-order valence-electron chi connectivity index (χ3n) is 4.83. The van der Waals surface area contributed by atoms with Crippen LogP contribution < -0.4 is 0 Å². The lowest BCUT2D eigenvalue weighted by atomic mass is 9.92. The maximum absolute atomic E-state index is 12.6. The average molecular weight is 304 g/mol. The molecule has 5 nitrogen and oxygen atoms in total. The predicted octanol–water partition coefficient (Wildman–Crippen LogP) is 2.39. The molecule has 2 saturated heterocycles. The number of carbonyl (C=O) groups excluding carboxylic acids is 2. The quantitative estimate of drug-likeness (QED) is 0.843. The van der Waals surface area contributed by atoms with Gasteiger partial charge in [0.25, 0.3) is 5.91 Å². The number of hydrogen-bond acceptors (Lipinski definition) is 3. The van der Waals surface area contributed by atoms with Crippen LogP contribution in [0, 0.1) is 11.8 Å². The number of nitrogens with zero attached hydrogens (tertiary/aromatic N) is 2. The van der Waals surface area contributed by atoms with Crippen molar-refractivity contribution in [2.24, 2.45) is 11.8 Å². The summed E-state index contributed by atoms with van der Waals surface area (Å²) in [5.74, 6) is 1.29. The van der Waals surface area contributed by atoms with Crippen molar-refractivity contribution in [3.8, 4) is 0 Å². The summed E-state index contributed by atoms with van der Waals surface area (Å²) in [5.41, 5.74) is 0. The molecule has 2 aliphatic rings. The molecule has 0 saturated carbocycles. The smallest absolute Gasteiger partial charge is 0.289 e. The highest BCUT2D eigenvalue weighted by atomic mass is 16.3. The average Bonchev–Trinajstić information content (AvgIpc) is 3.08. The first kappa shape index (κ1) is 15.1. The van der Waals surface area contributed by atoms with Gasteiger partial charge in [0.15, 0.2) is 5.76 Å². The molecule has 0 spiro atoms. The van der Waals surface area contributed by atoms with Crippen LogP contribution >= 0.6 is 0 Å². The summed E-state index contributed by atoms with van der Waals surface area (Å²) in [6.45, 7) is 5.28. The summed E-state index contributed by atoms with van der Waals surface area (Å²) in [7, 11) is 0. The number of furan rings is 1. The van der Waals surface area contributed by atoms with Gasteiger partial charge in [0.05, 0.1) is 6.26 Å². The van der Waals surface area contributed by atoms with Gasteiger partial charge >= 0.3 is 0 Å². The molecule has 0 N–H and O–H groups in total. The third kappa shape index (κ3) is 3.18. The highest BCUT2D eigenvalue weighted by molar-refractivity contribution is 5.91. The number of piperidine rings is 2. The van der Waals surface area contributed by atoms with E-state index in [1.165, 1.54) is 12.7 Å². The normalized spacial score (nSPS) is 23.6. The van der Waals surface area contributed by atoms with Crippen molar-refractivity contribution in [1.82, 2.24) is 9.80 Å². The molecular formula is C17H24N2O3. The van der Waals surface area contributed by atoms with E-state index in [9.17, 15) is 9.59 Å². The Bertz CT molecular complexity index is 518. The van der Waals surface area contributed by atoms with E-state index in [0.717, 1.165) is 32.4 Å². The topological polar surface area (TPSA) is 53.8 Å². The van der Waals surface area contributed by atoms with Gasteiger partial charge in [-0.15, -0.1) is 0 Å². The van der Waals surface area contributed by atoms with Crippen molar-refractivity contribution in [2.75, 3.05) is 26.2 Å². The van der Waals surface area contributed by atoms with E-state index in [-0.39, 0.29) is 17.7 Å². The Morgan fingerprint density at radius 2 is 1.91 bits per heavy atom. The van der Waals surface area contributed by atoms with Crippen LogP contribution in [0.25, 0.3) is 0 Å². The fourth-order valence-electron chi connectivity index (χ4n) is 3.53. The van der Waals surface area contributed by atoms with Gasteiger partial charge in [-0.1, -0.05) is 6.92 Å². The molecule has 1 aromatic rings.